The first-order valence-corrected chi connectivity index (χ1v) is 7.92. The predicted octanol–water partition coefficient (Wildman–Crippen LogP) is 3.43. The topological polar surface area (TPSA) is 29.3 Å². The lowest BCUT2D eigenvalue weighted by atomic mass is 10.0. The lowest BCUT2D eigenvalue weighted by Crippen LogP contribution is -2.42. The molecule has 1 heterocycles. The molecule has 2 rings (SSSR count). The molecule has 2 unspecified atom stereocenters. The lowest BCUT2D eigenvalue weighted by Gasteiger charge is -2.36. The van der Waals surface area contributed by atoms with Crippen LogP contribution in [0.1, 0.15) is 18.5 Å². The Morgan fingerprint density at radius 2 is 2.06 bits per heavy atom. The van der Waals surface area contributed by atoms with Crippen molar-refractivity contribution < 1.29 is 0 Å². The van der Waals surface area contributed by atoms with Gasteiger partial charge in [-0.25, -0.2) is 0 Å². The first-order valence-electron chi connectivity index (χ1n) is 6.12. The summed E-state index contributed by atoms with van der Waals surface area (Å²) in [5.41, 5.74) is 7.07. The highest BCUT2D eigenvalue weighted by atomic mass is 35.5. The van der Waals surface area contributed by atoms with E-state index >= 15 is 0 Å². The highest BCUT2D eigenvalue weighted by molar-refractivity contribution is 7.99. The molecule has 0 spiro atoms. The molecular formula is C13H18Cl2N2S. The van der Waals surface area contributed by atoms with E-state index in [2.05, 4.69) is 11.8 Å². The van der Waals surface area contributed by atoms with Crippen LogP contribution in [0.5, 0.6) is 0 Å². The Morgan fingerprint density at radius 1 is 1.39 bits per heavy atom. The van der Waals surface area contributed by atoms with Crippen LogP contribution in [0.4, 0.5) is 0 Å². The molecule has 0 bridgehead atoms. The van der Waals surface area contributed by atoms with Gasteiger partial charge in [0.2, 0.25) is 0 Å². The number of thioether (sulfide) groups is 1. The molecule has 0 aliphatic carbocycles. The first-order chi connectivity index (χ1) is 8.60. The Balaban J connectivity index is 2.21. The average Bonchev–Trinajstić information content (AvgIpc) is 2.28. The minimum Gasteiger partial charge on any atom is -0.329 e. The first kappa shape index (κ1) is 14.5. The third-order valence-corrected chi connectivity index (χ3v) is 4.78. The Labute approximate surface area is 123 Å². The van der Waals surface area contributed by atoms with Crippen molar-refractivity contribution in [2.45, 2.75) is 18.2 Å². The van der Waals surface area contributed by atoms with Gasteiger partial charge >= 0.3 is 0 Å². The summed E-state index contributed by atoms with van der Waals surface area (Å²) in [4.78, 5) is 2.43. The fourth-order valence-corrected chi connectivity index (χ4v) is 3.97. The normalized spacial score (nSPS) is 23.0. The van der Waals surface area contributed by atoms with Crippen molar-refractivity contribution in [1.82, 2.24) is 4.90 Å². The maximum Gasteiger partial charge on any atom is 0.0472 e. The van der Waals surface area contributed by atoms with Gasteiger partial charge in [0.1, 0.15) is 0 Å². The standard InChI is InChI=1S/C13H18Cl2N2S/c1-9-8-17(2-3-18-9)13(7-16)10-4-11(14)6-12(15)5-10/h4-6,9,13H,2-3,7-8,16H2,1H3. The molecule has 18 heavy (non-hydrogen) atoms. The maximum atomic E-state index is 6.07. The molecule has 1 fully saturated rings. The van der Waals surface area contributed by atoms with Crippen molar-refractivity contribution in [1.29, 1.82) is 0 Å². The molecule has 2 N–H and O–H groups in total. The Hall–Kier alpha value is 0.0700. The van der Waals surface area contributed by atoms with Crippen LogP contribution < -0.4 is 5.73 Å². The molecule has 5 heteroatoms. The van der Waals surface area contributed by atoms with Gasteiger partial charge in [-0.2, -0.15) is 11.8 Å². The fraction of sp³-hybridized carbons (Fsp3) is 0.538. The Bertz CT molecular complexity index is 394. The lowest BCUT2D eigenvalue weighted by molar-refractivity contribution is 0.211. The van der Waals surface area contributed by atoms with Crippen molar-refractivity contribution in [3.05, 3.63) is 33.8 Å². The zero-order valence-electron chi connectivity index (χ0n) is 10.4. The molecule has 0 amide bonds. The summed E-state index contributed by atoms with van der Waals surface area (Å²) in [7, 11) is 0. The van der Waals surface area contributed by atoms with E-state index < -0.39 is 0 Å². The molecule has 1 aliphatic heterocycles. The summed E-state index contributed by atoms with van der Waals surface area (Å²) in [5.74, 6) is 1.16. The predicted molar refractivity (Wildman–Crippen MR) is 81.8 cm³/mol. The molecule has 1 aromatic carbocycles. The van der Waals surface area contributed by atoms with Gasteiger partial charge < -0.3 is 5.73 Å². The van der Waals surface area contributed by atoms with Crippen LogP contribution in [-0.2, 0) is 0 Å². The molecule has 0 aromatic heterocycles. The zero-order valence-corrected chi connectivity index (χ0v) is 12.7. The van der Waals surface area contributed by atoms with E-state index in [0.717, 1.165) is 24.4 Å². The van der Waals surface area contributed by atoms with Crippen LogP contribution in [0.3, 0.4) is 0 Å². The second-order valence-electron chi connectivity index (χ2n) is 4.63. The number of nitrogens with two attached hydrogens (primary N) is 1. The van der Waals surface area contributed by atoms with E-state index in [-0.39, 0.29) is 6.04 Å². The van der Waals surface area contributed by atoms with E-state index in [1.54, 1.807) is 6.07 Å². The third-order valence-electron chi connectivity index (χ3n) is 3.21. The van der Waals surface area contributed by atoms with Gasteiger partial charge in [-0.1, -0.05) is 30.1 Å². The number of hydrogen-bond acceptors (Lipinski definition) is 3. The zero-order chi connectivity index (χ0) is 13.1. The Morgan fingerprint density at radius 3 is 2.61 bits per heavy atom. The smallest absolute Gasteiger partial charge is 0.0472 e. The van der Waals surface area contributed by atoms with Gasteiger partial charge in [0, 0.05) is 46.7 Å². The van der Waals surface area contributed by atoms with E-state index in [9.17, 15) is 0 Å². The molecule has 2 atom stereocenters. The van der Waals surface area contributed by atoms with E-state index in [1.807, 2.05) is 23.9 Å². The SMILES string of the molecule is CC1CN(C(CN)c2cc(Cl)cc(Cl)c2)CCS1. The number of halogens is 2. The third kappa shape index (κ3) is 3.55. The highest BCUT2D eigenvalue weighted by Crippen LogP contribution is 2.30. The fourth-order valence-electron chi connectivity index (χ4n) is 2.39. The second kappa shape index (κ2) is 6.49. The van der Waals surface area contributed by atoms with Gasteiger partial charge in [-0.15, -0.1) is 0 Å². The van der Waals surface area contributed by atoms with Crippen LogP contribution >= 0.6 is 35.0 Å². The van der Waals surface area contributed by atoms with Crippen molar-refractivity contribution in [3.8, 4) is 0 Å². The van der Waals surface area contributed by atoms with Crippen LogP contribution in [0.2, 0.25) is 10.0 Å². The summed E-state index contributed by atoms with van der Waals surface area (Å²) in [6.07, 6.45) is 0. The van der Waals surface area contributed by atoms with Crippen molar-refractivity contribution >= 4 is 35.0 Å². The monoisotopic (exact) mass is 304 g/mol. The van der Waals surface area contributed by atoms with Crippen LogP contribution in [0.25, 0.3) is 0 Å². The van der Waals surface area contributed by atoms with Crippen molar-refractivity contribution in [2.24, 2.45) is 5.73 Å². The molecule has 0 saturated carbocycles. The van der Waals surface area contributed by atoms with Crippen LogP contribution in [0, 0.1) is 0 Å². The van der Waals surface area contributed by atoms with Crippen molar-refractivity contribution in [3.63, 3.8) is 0 Å². The molecule has 0 radical (unpaired) electrons. The van der Waals surface area contributed by atoms with Gasteiger partial charge in [0.05, 0.1) is 0 Å². The maximum absolute atomic E-state index is 6.07. The molecule has 1 aliphatic rings. The van der Waals surface area contributed by atoms with Gasteiger partial charge in [-0.05, 0) is 23.8 Å². The summed E-state index contributed by atoms with van der Waals surface area (Å²) < 4.78 is 0. The number of benzene rings is 1. The van der Waals surface area contributed by atoms with Gasteiger partial charge in [0.25, 0.3) is 0 Å². The Kier molecular flexibility index (Phi) is 5.22. The quantitative estimate of drug-likeness (QED) is 0.927. The van der Waals surface area contributed by atoms with E-state index in [1.165, 1.54) is 0 Å². The summed E-state index contributed by atoms with van der Waals surface area (Å²) >= 11 is 14.2. The summed E-state index contributed by atoms with van der Waals surface area (Å²) in [6, 6.07) is 5.91. The van der Waals surface area contributed by atoms with E-state index in [4.69, 9.17) is 28.9 Å². The van der Waals surface area contributed by atoms with Gasteiger partial charge in [-0.3, -0.25) is 4.90 Å². The van der Waals surface area contributed by atoms with Gasteiger partial charge in [0.15, 0.2) is 0 Å². The molecular weight excluding hydrogens is 287 g/mol. The minimum atomic E-state index is 0.213. The highest BCUT2D eigenvalue weighted by Gasteiger charge is 2.24. The van der Waals surface area contributed by atoms with Crippen LogP contribution in [0.15, 0.2) is 18.2 Å². The number of rotatable bonds is 3. The average molecular weight is 305 g/mol. The second-order valence-corrected chi connectivity index (χ2v) is 7.05. The van der Waals surface area contributed by atoms with Crippen LogP contribution in [-0.4, -0.2) is 35.5 Å². The molecule has 1 aromatic rings. The summed E-state index contributed by atoms with van der Waals surface area (Å²) in [6.45, 7) is 4.99. The minimum absolute atomic E-state index is 0.213. The number of nitrogens with zero attached hydrogens (tertiary/aromatic N) is 1. The van der Waals surface area contributed by atoms with E-state index in [0.29, 0.717) is 21.8 Å². The molecule has 2 nitrogen and oxygen atoms in total. The number of hydrogen-bond donors (Lipinski definition) is 1. The van der Waals surface area contributed by atoms with Crippen molar-refractivity contribution in [2.75, 3.05) is 25.4 Å². The largest absolute Gasteiger partial charge is 0.329 e. The molecule has 1 saturated heterocycles. The summed E-state index contributed by atoms with van der Waals surface area (Å²) in [5, 5.41) is 2.01. The molecule has 100 valence electrons.